The number of carbonyl (C=O) groups is 2. The van der Waals surface area contributed by atoms with Gasteiger partial charge in [0, 0.05) is 17.0 Å². The number of carbonyl (C=O) groups excluding carboxylic acids is 2. The van der Waals surface area contributed by atoms with Crippen LogP contribution in [0.15, 0.2) is 48.5 Å². The van der Waals surface area contributed by atoms with Crippen LogP contribution >= 0.6 is 11.6 Å². The Bertz CT molecular complexity index is 1220. The minimum Gasteiger partial charge on any atom is -0.467 e. The molecule has 1 heterocycles. The Labute approximate surface area is 202 Å². The number of nitrogens with one attached hydrogen (secondary N) is 2. The number of aromatic amines is 1. The summed E-state index contributed by atoms with van der Waals surface area (Å²) in [6.45, 7) is 0. The number of rotatable bonds is 6. The summed E-state index contributed by atoms with van der Waals surface area (Å²) in [5.41, 5.74) is 4.62. The summed E-state index contributed by atoms with van der Waals surface area (Å²) >= 11 is 6.13. The summed E-state index contributed by atoms with van der Waals surface area (Å²) in [7, 11) is 1.27. The molecule has 0 aliphatic heterocycles. The highest BCUT2D eigenvalue weighted by Gasteiger charge is 2.27. The van der Waals surface area contributed by atoms with E-state index in [-0.39, 0.29) is 12.2 Å². The van der Waals surface area contributed by atoms with E-state index in [4.69, 9.17) is 16.3 Å². The Morgan fingerprint density at radius 2 is 1.97 bits per heavy atom. The molecule has 2 aromatic carbocycles. The zero-order valence-electron chi connectivity index (χ0n) is 18.7. The van der Waals surface area contributed by atoms with Gasteiger partial charge in [-0.3, -0.25) is 9.89 Å². The monoisotopic (exact) mass is 481 g/mol. The number of halogens is 2. The minimum atomic E-state index is -0.922. The van der Waals surface area contributed by atoms with Gasteiger partial charge in [0.1, 0.15) is 17.6 Å². The van der Waals surface area contributed by atoms with Gasteiger partial charge >= 0.3 is 5.97 Å². The molecule has 1 aliphatic rings. The van der Waals surface area contributed by atoms with Crippen LogP contribution in [0.25, 0.3) is 11.6 Å². The van der Waals surface area contributed by atoms with E-state index in [2.05, 4.69) is 15.5 Å². The first-order valence-electron chi connectivity index (χ1n) is 11.1. The van der Waals surface area contributed by atoms with Gasteiger partial charge in [-0.15, -0.1) is 0 Å². The summed E-state index contributed by atoms with van der Waals surface area (Å²) in [5.74, 6) is -1.38. The lowest BCUT2D eigenvalue weighted by Crippen LogP contribution is -2.43. The first-order chi connectivity index (χ1) is 16.4. The number of nitrogens with zero attached hydrogens (tertiary/aromatic N) is 1. The number of hydrogen-bond acceptors (Lipinski definition) is 4. The van der Waals surface area contributed by atoms with Gasteiger partial charge in [0.05, 0.1) is 12.8 Å². The van der Waals surface area contributed by atoms with Crippen LogP contribution in [0.1, 0.15) is 52.1 Å². The van der Waals surface area contributed by atoms with E-state index in [1.165, 1.54) is 19.2 Å². The van der Waals surface area contributed by atoms with Crippen LogP contribution in [0.4, 0.5) is 4.39 Å². The summed E-state index contributed by atoms with van der Waals surface area (Å²) in [5, 5.41) is 10.7. The third-order valence-electron chi connectivity index (χ3n) is 5.85. The van der Waals surface area contributed by atoms with Gasteiger partial charge in [0.25, 0.3) is 5.91 Å². The maximum Gasteiger partial charge on any atom is 0.328 e. The summed E-state index contributed by atoms with van der Waals surface area (Å²) in [6, 6.07) is 12.4. The third-order valence-corrected chi connectivity index (χ3v) is 6.09. The molecule has 0 saturated heterocycles. The largest absolute Gasteiger partial charge is 0.467 e. The average molecular weight is 482 g/mol. The Hall–Kier alpha value is -3.45. The van der Waals surface area contributed by atoms with E-state index in [1.807, 2.05) is 30.3 Å². The van der Waals surface area contributed by atoms with Gasteiger partial charge < -0.3 is 10.1 Å². The first kappa shape index (κ1) is 23.7. The molecular weight excluding hydrogens is 457 g/mol. The van der Waals surface area contributed by atoms with E-state index in [0.717, 1.165) is 41.7 Å². The molecule has 34 heavy (non-hydrogen) atoms. The van der Waals surface area contributed by atoms with Crippen molar-refractivity contribution in [1.82, 2.24) is 15.5 Å². The Balaban J connectivity index is 1.59. The second kappa shape index (κ2) is 10.7. The normalized spacial score (nSPS) is 15.3. The average Bonchev–Trinajstić information content (AvgIpc) is 3.15. The second-order valence-electron chi connectivity index (χ2n) is 8.24. The van der Waals surface area contributed by atoms with Crippen LogP contribution in [0.3, 0.4) is 0 Å². The fourth-order valence-electron chi connectivity index (χ4n) is 4.16. The van der Waals surface area contributed by atoms with Gasteiger partial charge in [-0.2, -0.15) is 5.10 Å². The number of H-pyrrole nitrogens is 1. The van der Waals surface area contributed by atoms with Crippen LogP contribution in [0, 0.1) is 5.82 Å². The van der Waals surface area contributed by atoms with E-state index in [9.17, 15) is 14.0 Å². The zero-order chi connectivity index (χ0) is 24.1. The number of allylic oxidation sites excluding steroid dienone is 1. The molecule has 1 amide bonds. The first-order valence-corrected chi connectivity index (χ1v) is 11.5. The number of ether oxygens (including phenoxy) is 1. The van der Waals surface area contributed by atoms with Crippen molar-refractivity contribution in [2.24, 2.45) is 0 Å². The number of methoxy groups -OCH3 is 1. The van der Waals surface area contributed by atoms with Crippen molar-refractivity contribution in [3.8, 4) is 0 Å². The predicted octanol–water partition coefficient (Wildman–Crippen LogP) is 4.98. The van der Waals surface area contributed by atoms with Crippen molar-refractivity contribution >= 4 is 35.1 Å². The highest BCUT2D eigenvalue weighted by atomic mass is 35.5. The molecule has 8 heteroatoms. The molecule has 6 nitrogen and oxygen atoms in total. The fraction of sp³-hybridized carbons (Fsp3) is 0.269. The lowest BCUT2D eigenvalue weighted by Gasteiger charge is -2.16. The van der Waals surface area contributed by atoms with Gasteiger partial charge in [-0.1, -0.05) is 35.9 Å². The number of hydrogen-bond donors (Lipinski definition) is 2. The quantitative estimate of drug-likeness (QED) is 0.384. The maximum absolute atomic E-state index is 13.2. The molecule has 0 unspecified atom stereocenters. The van der Waals surface area contributed by atoms with Crippen molar-refractivity contribution < 1.29 is 18.7 Å². The highest BCUT2D eigenvalue weighted by molar-refractivity contribution is 6.30. The van der Waals surface area contributed by atoms with Crippen LogP contribution in [-0.2, 0) is 22.4 Å². The lowest BCUT2D eigenvalue weighted by atomic mass is 10.0. The van der Waals surface area contributed by atoms with Crippen molar-refractivity contribution in [1.29, 1.82) is 0 Å². The highest BCUT2D eigenvalue weighted by Crippen LogP contribution is 2.32. The van der Waals surface area contributed by atoms with E-state index in [0.29, 0.717) is 22.7 Å². The van der Waals surface area contributed by atoms with Gasteiger partial charge in [-0.05, 0) is 72.7 Å². The van der Waals surface area contributed by atoms with Crippen molar-refractivity contribution in [3.05, 3.63) is 87.4 Å². The molecule has 0 saturated carbocycles. The number of aromatic nitrogens is 2. The zero-order valence-corrected chi connectivity index (χ0v) is 19.5. The van der Waals surface area contributed by atoms with Gasteiger partial charge in [0.15, 0.2) is 0 Å². The SMILES string of the molecule is COC(=O)[C@@H](Cc1ccc(F)cc1)NC(=O)c1[nH]nc2c1CCCC/C2=C\c1cccc(Cl)c1. The summed E-state index contributed by atoms with van der Waals surface area (Å²) in [6.07, 6.45) is 5.64. The summed E-state index contributed by atoms with van der Waals surface area (Å²) in [4.78, 5) is 25.5. The van der Waals surface area contributed by atoms with Crippen molar-refractivity contribution in [3.63, 3.8) is 0 Å². The Kier molecular flexibility index (Phi) is 7.43. The number of benzene rings is 2. The topological polar surface area (TPSA) is 84.1 Å². The predicted molar refractivity (Wildman–Crippen MR) is 129 cm³/mol. The molecular formula is C26H25ClFN3O3. The number of amides is 1. The molecule has 0 radical (unpaired) electrons. The van der Waals surface area contributed by atoms with Gasteiger partial charge in [-0.25, -0.2) is 9.18 Å². The lowest BCUT2D eigenvalue weighted by molar-refractivity contribution is -0.142. The Morgan fingerprint density at radius 3 is 2.71 bits per heavy atom. The molecule has 1 aliphatic carbocycles. The fourth-order valence-corrected chi connectivity index (χ4v) is 4.36. The molecule has 2 N–H and O–H groups in total. The maximum atomic E-state index is 13.2. The van der Waals surface area contributed by atoms with Crippen molar-refractivity contribution in [2.45, 2.75) is 38.1 Å². The molecule has 0 spiro atoms. The van der Waals surface area contributed by atoms with Crippen LogP contribution < -0.4 is 5.32 Å². The van der Waals surface area contributed by atoms with Crippen LogP contribution in [0.5, 0.6) is 0 Å². The molecule has 0 fully saturated rings. The number of fused-ring (bicyclic) bond motifs is 1. The molecule has 1 aromatic heterocycles. The second-order valence-corrected chi connectivity index (χ2v) is 8.67. The third kappa shape index (κ3) is 5.54. The molecule has 1 atom stereocenters. The molecule has 176 valence electrons. The van der Waals surface area contributed by atoms with E-state index >= 15 is 0 Å². The molecule has 0 bridgehead atoms. The molecule has 3 aromatic rings. The van der Waals surface area contributed by atoms with Crippen LogP contribution in [0.2, 0.25) is 5.02 Å². The standard InChI is InChI=1S/C26H25ClFN3O3/c1-34-26(33)22(15-16-9-11-20(28)12-10-16)29-25(32)24-21-8-3-2-6-18(23(21)30-31-24)13-17-5-4-7-19(27)14-17/h4-5,7,9-14,22H,2-3,6,8,15H2,1H3,(H,29,32)(H,30,31)/b18-13+/t22-/m1/s1. The van der Waals surface area contributed by atoms with E-state index in [1.54, 1.807) is 12.1 Å². The summed E-state index contributed by atoms with van der Waals surface area (Å²) < 4.78 is 18.1. The van der Waals surface area contributed by atoms with Gasteiger partial charge in [0.2, 0.25) is 0 Å². The van der Waals surface area contributed by atoms with E-state index < -0.39 is 17.9 Å². The molecule has 4 rings (SSSR count). The van der Waals surface area contributed by atoms with Crippen LogP contribution in [-0.4, -0.2) is 35.2 Å². The van der Waals surface area contributed by atoms with Crippen molar-refractivity contribution in [2.75, 3.05) is 7.11 Å². The Morgan fingerprint density at radius 1 is 1.21 bits per heavy atom. The number of esters is 1. The minimum absolute atomic E-state index is 0.176. The smallest absolute Gasteiger partial charge is 0.328 e.